The van der Waals surface area contributed by atoms with Gasteiger partial charge in [0, 0.05) is 24.4 Å². The highest BCUT2D eigenvalue weighted by molar-refractivity contribution is 7.13. The molecule has 8 heteroatoms. The molecule has 0 bridgehead atoms. The highest BCUT2D eigenvalue weighted by Crippen LogP contribution is 2.22. The first-order chi connectivity index (χ1) is 11.8. The zero-order valence-electron chi connectivity index (χ0n) is 13.9. The summed E-state index contributed by atoms with van der Waals surface area (Å²) in [4.78, 5) is 2.34. The zero-order valence-corrected chi connectivity index (χ0v) is 16.3. The number of hydrogen-bond donors (Lipinski definition) is 0. The standard InChI is InChI=1S/C17H19N6S.BrH/c1-2-23(13-12-22-10-4-3-5-11-22)16-8-6-15(7-9-16)19-21-17-20-18-14-24-17;/h3-11,14H,2,12-13H2,1H3;1H/q+1;/p-1/b21-19+;. The molecule has 2 aromatic heterocycles. The van der Waals surface area contributed by atoms with Crippen LogP contribution in [0.25, 0.3) is 0 Å². The summed E-state index contributed by atoms with van der Waals surface area (Å²) < 4.78 is 2.19. The van der Waals surface area contributed by atoms with Crippen LogP contribution in [0.5, 0.6) is 0 Å². The lowest BCUT2D eigenvalue weighted by Gasteiger charge is -2.21. The number of azo groups is 1. The first kappa shape index (κ1) is 19.1. The minimum absolute atomic E-state index is 0. The van der Waals surface area contributed by atoms with Gasteiger partial charge in [0.25, 0.3) is 5.13 Å². The molecule has 1 aromatic carbocycles. The van der Waals surface area contributed by atoms with E-state index in [2.05, 4.69) is 61.3 Å². The predicted molar refractivity (Wildman–Crippen MR) is 95.1 cm³/mol. The van der Waals surface area contributed by atoms with Crippen molar-refractivity contribution in [2.75, 3.05) is 18.0 Å². The molecule has 0 N–H and O–H groups in total. The van der Waals surface area contributed by atoms with Crippen LogP contribution in [0.15, 0.2) is 70.6 Å². The first-order valence-electron chi connectivity index (χ1n) is 7.82. The number of nitrogens with zero attached hydrogens (tertiary/aromatic N) is 6. The smallest absolute Gasteiger partial charge is 0.251 e. The van der Waals surface area contributed by atoms with E-state index in [1.807, 2.05) is 30.3 Å². The molecular formula is C17H19BrN6S. The SMILES string of the molecule is CCN(CC[n+]1ccccc1)c1ccc(/N=N/c2nncs2)cc1.[Br-]. The molecule has 130 valence electrons. The summed E-state index contributed by atoms with van der Waals surface area (Å²) in [6.07, 6.45) is 4.18. The lowest BCUT2D eigenvalue weighted by Crippen LogP contribution is -3.00. The van der Waals surface area contributed by atoms with Crippen LogP contribution in [-0.2, 0) is 6.54 Å². The maximum atomic E-state index is 4.18. The van der Waals surface area contributed by atoms with Crippen molar-refractivity contribution in [3.8, 4) is 0 Å². The summed E-state index contributed by atoms with van der Waals surface area (Å²) in [5, 5.41) is 16.4. The average Bonchev–Trinajstić information content (AvgIpc) is 3.16. The van der Waals surface area contributed by atoms with Gasteiger partial charge in [0.15, 0.2) is 18.9 Å². The van der Waals surface area contributed by atoms with Gasteiger partial charge in [-0.3, -0.25) is 0 Å². The number of aromatic nitrogens is 3. The fourth-order valence-corrected chi connectivity index (χ4v) is 2.70. The maximum absolute atomic E-state index is 4.18. The van der Waals surface area contributed by atoms with E-state index in [1.54, 1.807) is 5.51 Å². The van der Waals surface area contributed by atoms with Crippen molar-refractivity contribution in [2.24, 2.45) is 10.2 Å². The number of pyridine rings is 1. The topological polar surface area (TPSA) is 57.6 Å². The van der Waals surface area contributed by atoms with E-state index < -0.39 is 0 Å². The predicted octanol–water partition coefficient (Wildman–Crippen LogP) is 0.771. The van der Waals surface area contributed by atoms with Gasteiger partial charge in [-0.15, -0.1) is 20.4 Å². The van der Waals surface area contributed by atoms with Crippen molar-refractivity contribution in [3.63, 3.8) is 0 Å². The Morgan fingerprint density at radius 2 is 1.84 bits per heavy atom. The van der Waals surface area contributed by atoms with Crippen molar-refractivity contribution < 1.29 is 21.5 Å². The Hall–Kier alpha value is -2.19. The average molecular weight is 419 g/mol. The van der Waals surface area contributed by atoms with Crippen LogP contribution in [0.1, 0.15) is 6.92 Å². The molecule has 6 nitrogen and oxygen atoms in total. The minimum Gasteiger partial charge on any atom is -1.00 e. The van der Waals surface area contributed by atoms with E-state index in [0.717, 1.165) is 25.3 Å². The van der Waals surface area contributed by atoms with Crippen molar-refractivity contribution in [2.45, 2.75) is 13.5 Å². The molecule has 0 radical (unpaired) electrons. The molecule has 0 spiro atoms. The third-order valence-corrected chi connectivity index (χ3v) is 4.18. The third kappa shape index (κ3) is 5.68. The van der Waals surface area contributed by atoms with Crippen molar-refractivity contribution in [1.29, 1.82) is 0 Å². The zero-order chi connectivity index (χ0) is 16.6. The number of halogens is 1. The highest BCUT2D eigenvalue weighted by atomic mass is 79.9. The Morgan fingerprint density at radius 1 is 1.08 bits per heavy atom. The highest BCUT2D eigenvalue weighted by Gasteiger charge is 2.07. The van der Waals surface area contributed by atoms with Crippen molar-refractivity contribution >= 4 is 27.8 Å². The summed E-state index contributed by atoms with van der Waals surface area (Å²) in [5.41, 5.74) is 3.63. The summed E-state index contributed by atoms with van der Waals surface area (Å²) in [7, 11) is 0. The van der Waals surface area contributed by atoms with Crippen LogP contribution in [-0.4, -0.2) is 23.3 Å². The molecule has 2 heterocycles. The minimum atomic E-state index is 0. The lowest BCUT2D eigenvalue weighted by atomic mass is 10.2. The van der Waals surface area contributed by atoms with E-state index in [4.69, 9.17) is 0 Å². The second-order valence-corrected chi connectivity index (χ2v) is 5.94. The van der Waals surface area contributed by atoms with Gasteiger partial charge in [-0.2, -0.15) is 0 Å². The van der Waals surface area contributed by atoms with Crippen LogP contribution < -0.4 is 26.4 Å². The Balaban J connectivity index is 0.00000225. The molecule has 0 fully saturated rings. The van der Waals surface area contributed by atoms with Gasteiger partial charge in [-0.05, 0) is 31.2 Å². The van der Waals surface area contributed by atoms with Crippen LogP contribution in [0.4, 0.5) is 16.5 Å². The fourth-order valence-electron chi connectivity index (χ4n) is 2.33. The number of benzene rings is 1. The van der Waals surface area contributed by atoms with Gasteiger partial charge < -0.3 is 21.9 Å². The van der Waals surface area contributed by atoms with Gasteiger partial charge >= 0.3 is 0 Å². The van der Waals surface area contributed by atoms with Gasteiger partial charge in [0.05, 0.1) is 12.2 Å². The van der Waals surface area contributed by atoms with Crippen LogP contribution in [0.3, 0.4) is 0 Å². The number of likely N-dealkylation sites (N-methyl/N-ethyl adjacent to an activating group) is 1. The van der Waals surface area contributed by atoms with Crippen LogP contribution in [0.2, 0.25) is 0 Å². The normalized spacial score (nSPS) is 10.6. The largest absolute Gasteiger partial charge is 1.00 e. The van der Waals surface area contributed by atoms with E-state index in [-0.39, 0.29) is 17.0 Å². The molecule has 0 amide bonds. The van der Waals surface area contributed by atoms with Crippen LogP contribution in [0, 0.1) is 0 Å². The Labute approximate surface area is 161 Å². The van der Waals surface area contributed by atoms with Crippen molar-refractivity contribution in [1.82, 2.24) is 10.2 Å². The van der Waals surface area contributed by atoms with Gasteiger partial charge in [0.2, 0.25) is 0 Å². The van der Waals surface area contributed by atoms with Gasteiger partial charge in [0.1, 0.15) is 5.51 Å². The molecule has 0 saturated carbocycles. The summed E-state index contributed by atoms with van der Waals surface area (Å²) >= 11 is 1.37. The molecular weight excluding hydrogens is 400 g/mol. The van der Waals surface area contributed by atoms with E-state index in [1.165, 1.54) is 17.0 Å². The molecule has 0 unspecified atom stereocenters. The van der Waals surface area contributed by atoms with E-state index in [0.29, 0.717) is 5.13 Å². The Morgan fingerprint density at radius 3 is 2.48 bits per heavy atom. The molecule has 0 aliphatic rings. The number of anilines is 1. The second kappa shape index (κ2) is 9.95. The van der Waals surface area contributed by atoms with Gasteiger partial charge in [-0.25, -0.2) is 4.57 Å². The summed E-state index contributed by atoms with van der Waals surface area (Å²) in [5.74, 6) is 0. The number of hydrogen-bond acceptors (Lipinski definition) is 6. The van der Waals surface area contributed by atoms with Crippen LogP contribution >= 0.6 is 11.3 Å². The molecule has 0 aliphatic heterocycles. The Kier molecular flexibility index (Phi) is 7.62. The fraction of sp³-hybridized carbons (Fsp3) is 0.235. The molecule has 25 heavy (non-hydrogen) atoms. The molecule has 0 aliphatic carbocycles. The molecule has 3 rings (SSSR count). The lowest BCUT2D eigenvalue weighted by molar-refractivity contribution is -0.694. The quantitative estimate of drug-likeness (QED) is 0.420. The van der Waals surface area contributed by atoms with E-state index >= 15 is 0 Å². The van der Waals surface area contributed by atoms with Crippen molar-refractivity contribution in [3.05, 3.63) is 60.4 Å². The summed E-state index contributed by atoms with van der Waals surface area (Å²) in [6.45, 7) is 5.03. The molecule has 0 atom stereocenters. The molecule has 3 aromatic rings. The second-order valence-electron chi connectivity index (χ2n) is 5.13. The maximum Gasteiger partial charge on any atom is 0.251 e. The monoisotopic (exact) mass is 418 g/mol. The number of rotatable bonds is 7. The third-order valence-electron chi connectivity index (χ3n) is 3.60. The molecule has 0 saturated heterocycles. The van der Waals surface area contributed by atoms with Gasteiger partial charge in [-0.1, -0.05) is 17.4 Å². The summed E-state index contributed by atoms with van der Waals surface area (Å²) in [6, 6.07) is 14.2. The van der Waals surface area contributed by atoms with E-state index in [9.17, 15) is 0 Å². The first-order valence-corrected chi connectivity index (χ1v) is 8.70. The Bertz CT molecular complexity index is 762.